The fraction of sp³-hybridized carbons (Fsp3) is 0.375. The lowest BCUT2D eigenvalue weighted by Crippen LogP contribution is -2.02. The van der Waals surface area contributed by atoms with Crippen molar-refractivity contribution in [1.29, 1.82) is 0 Å². The molecule has 0 saturated heterocycles. The first-order valence-electron chi connectivity index (χ1n) is 9.80. The molecule has 0 spiro atoms. The molecule has 5 heteroatoms. The first-order valence-corrected chi connectivity index (χ1v) is 9.80. The van der Waals surface area contributed by atoms with Crippen molar-refractivity contribution in [2.45, 2.75) is 54.4 Å². The maximum absolute atomic E-state index is 11.6. The van der Waals surface area contributed by atoms with Crippen molar-refractivity contribution in [2.75, 3.05) is 6.61 Å². The number of hydrogen-bond acceptors (Lipinski definition) is 4. The monoisotopic (exact) mass is 397 g/mol. The molecule has 0 unspecified atom stereocenters. The van der Waals surface area contributed by atoms with E-state index in [0.29, 0.717) is 17.7 Å². The summed E-state index contributed by atoms with van der Waals surface area (Å²) in [6, 6.07) is 1.84. The van der Waals surface area contributed by atoms with Crippen molar-refractivity contribution in [1.82, 2.24) is 0 Å². The number of nitro benzene ring substituents is 1. The Morgan fingerprint density at radius 2 is 1.83 bits per heavy atom. The Hall–Kier alpha value is -2.95. The minimum absolute atomic E-state index is 0.170. The van der Waals surface area contributed by atoms with Gasteiger partial charge in [-0.2, -0.15) is 0 Å². The van der Waals surface area contributed by atoms with E-state index in [4.69, 9.17) is 4.74 Å². The van der Waals surface area contributed by atoms with Crippen LogP contribution in [0.1, 0.15) is 55.9 Å². The number of benzene rings is 1. The Bertz CT molecular complexity index is 873. The van der Waals surface area contributed by atoms with Gasteiger partial charge in [-0.15, -0.1) is 0 Å². The molecule has 0 aromatic heterocycles. The molecule has 0 aliphatic rings. The summed E-state index contributed by atoms with van der Waals surface area (Å²) < 4.78 is 5.10. The van der Waals surface area contributed by atoms with E-state index < -0.39 is 0 Å². The van der Waals surface area contributed by atoms with Gasteiger partial charge >= 0.3 is 5.97 Å². The Labute approximate surface area is 173 Å². The first kappa shape index (κ1) is 24.1. The molecule has 0 aliphatic carbocycles. The SMILES string of the molecule is CCCCOC(=O)C=C(C)C=CC=C(C)C=Cc1c(C)cc(C)c([N+](=O)[O-])c1C. The summed E-state index contributed by atoms with van der Waals surface area (Å²) in [7, 11) is 0. The molecule has 1 rings (SSSR count). The molecular weight excluding hydrogens is 366 g/mol. The third kappa shape index (κ3) is 7.90. The molecule has 0 atom stereocenters. The van der Waals surface area contributed by atoms with Gasteiger partial charge in [-0.3, -0.25) is 10.1 Å². The van der Waals surface area contributed by atoms with Crippen molar-refractivity contribution in [2.24, 2.45) is 0 Å². The zero-order valence-corrected chi connectivity index (χ0v) is 18.2. The Balaban J connectivity index is 2.87. The summed E-state index contributed by atoms with van der Waals surface area (Å²) >= 11 is 0. The fourth-order valence-electron chi connectivity index (χ4n) is 2.94. The van der Waals surface area contributed by atoms with E-state index in [1.807, 2.05) is 64.1 Å². The van der Waals surface area contributed by atoms with Gasteiger partial charge in [0.2, 0.25) is 0 Å². The highest BCUT2D eigenvalue weighted by Gasteiger charge is 2.18. The van der Waals surface area contributed by atoms with Crippen LogP contribution < -0.4 is 0 Å². The number of carbonyl (C=O) groups excluding carboxylic acids is 1. The van der Waals surface area contributed by atoms with Crippen LogP contribution in [-0.4, -0.2) is 17.5 Å². The van der Waals surface area contributed by atoms with E-state index >= 15 is 0 Å². The maximum Gasteiger partial charge on any atom is 0.331 e. The number of esters is 1. The predicted octanol–water partition coefficient (Wildman–Crippen LogP) is 6.33. The molecule has 156 valence electrons. The van der Waals surface area contributed by atoms with Gasteiger partial charge in [0, 0.05) is 17.2 Å². The lowest BCUT2D eigenvalue weighted by molar-refractivity contribution is -0.386. The van der Waals surface area contributed by atoms with Crippen molar-refractivity contribution in [3.8, 4) is 0 Å². The smallest absolute Gasteiger partial charge is 0.331 e. The molecule has 0 bridgehead atoms. The molecule has 0 amide bonds. The zero-order chi connectivity index (χ0) is 22.0. The molecule has 0 saturated carbocycles. The quantitative estimate of drug-likeness (QED) is 0.122. The number of unbranched alkanes of at least 4 members (excludes halogenated alkanes) is 1. The molecule has 1 aromatic carbocycles. The summed E-state index contributed by atoms with van der Waals surface area (Å²) in [4.78, 5) is 22.6. The average Bonchev–Trinajstić information content (AvgIpc) is 2.60. The minimum Gasteiger partial charge on any atom is -0.463 e. The van der Waals surface area contributed by atoms with E-state index in [1.165, 1.54) is 6.08 Å². The molecule has 29 heavy (non-hydrogen) atoms. The van der Waals surface area contributed by atoms with Crippen LogP contribution in [0.2, 0.25) is 0 Å². The van der Waals surface area contributed by atoms with E-state index in [0.717, 1.165) is 35.1 Å². The normalized spacial score (nSPS) is 12.8. The van der Waals surface area contributed by atoms with Crippen LogP contribution in [0.5, 0.6) is 0 Å². The molecule has 0 N–H and O–H groups in total. The summed E-state index contributed by atoms with van der Waals surface area (Å²) in [5.41, 5.74) is 5.18. The summed E-state index contributed by atoms with van der Waals surface area (Å²) in [5.74, 6) is -0.326. The van der Waals surface area contributed by atoms with Crippen molar-refractivity contribution >= 4 is 17.7 Å². The molecule has 0 fully saturated rings. The lowest BCUT2D eigenvalue weighted by atomic mass is 9.96. The first-order chi connectivity index (χ1) is 13.7. The predicted molar refractivity (Wildman–Crippen MR) is 119 cm³/mol. The van der Waals surface area contributed by atoms with Gasteiger partial charge in [-0.1, -0.05) is 49.3 Å². The fourth-order valence-corrected chi connectivity index (χ4v) is 2.94. The molecule has 0 radical (unpaired) electrons. The van der Waals surface area contributed by atoms with Gasteiger partial charge in [0.15, 0.2) is 0 Å². The number of nitro groups is 1. The molecule has 5 nitrogen and oxygen atoms in total. The van der Waals surface area contributed by atoms with Gasteiger partial charge in [0.1, 0.15) is 0 Å². The van der Waals surface area contributed by atoms with Crippen molar-refractivity contribution < 1.29 is 14.5 Å². The van der Waals surface area contributed by atoms with Crippen molar-refractivity contribution in [3.05, 3.63) is 80.0 Å². The number of ether oxygens (including phenoxy) is 1. The third-order valence-corrected chi connectivity index (χ3v) is 4.49. The average molecular weight is 398 g/mol. The maximum atomic E-state index is 11.6. The van der Waals surface area contributed by atoms with Crippen molar-refractivity contribution in [3.63, 3.8) is 0 Å². The number of nitrogens with zero attached hydrogens (tertiary/aromatic N) is 1. The van der Waals surface area contributed by atoms with E-state index in [2.05, 4.69) is 0 Å². The van der Waals surface area contributed by atoms with Gasteiger partial charge in [0.05, 0.1) is 11.5 Å². The highest BCUT2D eigenvalue weighted by molar-refractivity contribution is 5.83. The molecule has 0 heterocycles. The van der Waals surface area contributed by atoms with Crippen LogP contribution in [0, 0.1) is 30.9 Å². The van der Waals surface area contributed by atoms with Crippen LogP contribution in [0.3, 0.4) is 0 Å². The van der Waals surface area contributed by atoms with Gasteiger partial charge in [-0.05, 0) is 63.8 Å². The van der Waals surface area contributed by atoms with Gasteiger partial charge < -0.3 is 4.74 Å². The standard InChI is InChI=1S/C24H31NO4/c1-7-8-14-29-23(26)15-18(3)11-9-10-17(2)12-13-22-19(4)16-20(5)24(21(22)6)25(27)28/h9-13,15-16H,7-8,14H2,1-6H3. The Morgan fingerprint density at radius 1 is 1.14 bits per heavy atom. The molecule has 0 aliphatic heterocycles. The van der Waals surface area contributed by atoms with E-state index in [1.54, 1.807) is 13.8 Å². The number of hydrogen-bond donors (Lipinski definition) is 0. The minimum atomic E-state index is -0.326. The van der Waals surface area contributed by atoms with Gasteiger partial charge in [-0.25, -0.2) is 4.79 Å². The lowest BCUT2D eigenvalue weighted by Gasteiger charge is -2.09. The number of carbonyl (C=O) groups is 1. The second-order valence-electron chi connectivity index (χ2n) is 7.17. The molecule has 1 aromatic rings. The number of allylic oxidation sites excluding steroid dienone is 6. The summed E-state index contributed by atoms with van der Waals surface area (Å²) in [5, 5.41) is 11.3. The largest absolute Gasteiger partial charge is 0.463 e. The summed E-state index contributed by atoms with van der Waals surface area (Å²) in [6.45, 7) is 11.8. The highest BCUT2D eigenvalue weighted by Crippen LogP contribution is 2.29. The van der Waals surface area contributed by atoms with Crippen LogP contribution >= 0.6 is 0 Å². The Morgan fingerprint density at radius 3 is 2.45 bits per heavy atom. The Kier molecular flexibility index (Phi) is 9.80. The van der Waals surface area contributed by atoms with Crippen LogP contribution in [0.25, 0.3) is 6.08 Å². The summed E-state index contributed by atoms with van der Waals surface area (Å²) in [6.07, 6.45) is 12.8. The second kappa shape index (κ2) is 11.8. The topological polar surface area (TPSA) is 69.4 Å². The van der Waals surface area contributed by atoms with E-state index in [-0.39, 0.29) is 16.6 Å². The zero-order valence-electron chi connectivity index (χ0n) is 18.2. The second-order valence-corrected chi connectivity index (χ2v) is 7.17. The third-order valence-electron chi connectivity index (χ3n) is 4.49. The van der Waals surface area contributed by atoms with E-state index in [9.17, 15) is 14.9 Å². The van der Waals surface area contributed by atoms with Crippen LogP contribution in [0.4, 0.5) is 5.69 Å². The molecular formula is C24H31NO4. The van der Waals surface area contributed by atoms with Crippen LogP contribution in [-0.2, 0) is 9.53 Å². The van der Waals surface area contributed by atoms with Crippen LogP contribution in [0.15, 0.2) is 47.6 Å². The highest BCUT2D eigenvalue weighted by atomic mass is 16.6. The number of rotatable bonds is 9. The number of aryl methyl sites for hydroxylation is 2. The van der Waals surface area contributed by atoms with Gasteiger partial charge in [0.25, 0.3) is 5.69 Å².